The van der Waals surface area contributed by atoms with Gasteiger partial charge in [-0.1, -0.05) is 54.2 Å². The number of anilines is 1. The Balaban J connectivity index is 1.62. The molecule has 0 spiro atoms. The Hall–Kier alpha value is -3.69. The summed E-state index contributed by atoms with van der Waals surface area (Å²) >= 11 is 3.00. The summed E-state index contributed by atoms with van der Waals surface area (Å²) in [6, 6.07) is 24.2. The number of amides is 2. The number of aryl methyl sites for hydroxylation is 1. The molecule has 1 aromatic heterocycles. The third-order valence-electron chi connectivity index (χ3n) is 6.42. The van der Waals surface area contributed by atoms with E-state index in [0.717, 1.165) is 26.7 Å². The fraction of sp³-hybridized carbons (Fsp3) is 0.207. The number of thioether (sulfide) groups is 2. The van der Waals surface area contributed by atoms with E-state index in [0.29, 0.717) is 17.1 Å². The Kier molecular flexibility index (Phi) is 7.76. The van der Waals surface area contributed by atoms with Gasteiger partial charge in [0.15, 0.2) is 0 Å². The third kappa shape index (κ3) is 5.04. The molecule has 4 aromatic rings. The molecule has 2 heterocycles. The highest BCUT2D eigenvalue weighted by atomic mass is 32.2. The molecule has 0 saturated carbocycles. The lowest BCUT2D eigenvalue weighted by Crippen LogP contribution is -2.44. The van der Waals surface area contributed by atoms with E-state index in [1.54, 1.807) is 23.8 Å². The minimum atomic E-state index is -0.892. The fourth-order valence-electron chi connectivity index (χ4n) is 4.62. The van der Waals surface area contributed by atoms with Gasteiger partial charge in [-0.05, 0) is 49.6 Å². The molecule has 1 atom stereocenters. The van der Waals surface area contributed by atoms with Crippen LogP contribution in [0.15, 0.2) is 88.8 Å². The molecule has 0 aliphatic carbocycles. The summed E-state index contributed by atoms with van der Waals surface area (Å²) in [6.07, 6.45) is 1.99. The quantitative estimate of drug-likeness (QED) is 0.314. The molecular formula is C29H28N4O3S2. The lowest BCUT2D eigenvalue weighted by atomic mass is 10.0. The van der Waals surface area contributed by atoms with E-state index >= 15 is 0 Å². The minimum absolute atomic E-state index is 0.138. The summed E-state index contributed by atoms with van der Waals surface area (Å²) in [5, 5.41) is 8.69. The molecule has 1 aliphatic rings. The minimum Gasteiger partial charge on any atom is -0.496 e. The smallest absolute Gasteiger partial charge is 0.248 e. The molecule has 7 nitrogen and oxygen atoms in total. The van der Waals surface area contributed by atoms with Crippen LogP contribution in [0.3, 0.4) is 0 Å². The first-order chi connectivity index (χ1) is 18.5. The summed E-state index contributed by atoms with van der Waals surface area (Å²) in [5.74, 6) is 0.461. The zero-order valence-electron chi connectivity index (χ0n) is 21.4. The van der Waals surface area contributed by atoms with Gasteiger partial charge in [0, 0.05) is 28.3 Å². The fourth-order valence-corrected chi connectivity index (χ4v) is 6.15. The number of carbonyl (C=O) groups is 2. The van der Waals surface area contributed by atoms with Crippen LogP contribution in [0.5, 0.6) is 5.75 Å². The molecule has 2 amide bonds. The van der Waals surface area contributed by atoms with Crippen molar-refractivity contribution in [2.45, 2.75) is 29.4 Å². The molecule has 9 heteroatoms. The van der Waals surface area contributed by atoms with Crippen LogP contribution in [0, 0.1) is 6.92 Å². The lowest BCUT2D eigenvalue weighted by Gasteiger charge is -2.30. The standard InChI is InChI=1S/C29H28N4O3S2/c1-19-26-27(28(35)30-17-20-10-7-8-15-24(20)36-2)32(22-13-9-14-23(16-22)37-3)25(34)18-38-29(26)33(31-19)21-11-5-4-6-12-21/h4-16,27H,17-18H2,1-3H3,(H,30,35). The van der Waals surface area contributed by atoms with Crippen LogP contribution in [0.25, 0.3) is 5.69 Å². The summed E-state index contributed by atoms with van der Waals surface area (Å²) < 4.78 is 7.31. The molecule has 3 aromatic carbocycles. The van der Waals surface area contributed by atoms with Gasteiger partial charge in [-0.3, -0.25) is 14.5 Å². The number of carbonyl (C=O) groups excluding carboxylic acids is 2. The van der Waals surface area contributed by atoms with Gasteiger partial charge in [0.25, 0.3) is 0 Å². The molecule has 0 bridgehead atoms. The van der Waals surface area contributed by atoms with Crippen molar-refractivity contribution in [2.24, 2.45) is 0 Å². The highest BCUT2D eigenvalue weighted by Gasteiger charge is 2.40. The summed E-state index contributed by atoms with van der Waals surface area (Å²) in [4.78, 5) is 30.4. The van der Waals surface area contributed by atoms with Crippen LogP contribution in [-0.2, 0) is 16.1 Å². The summed E-state index contributed by atoms with van der Waals surface area (Å²) in [5.41, 5.74) is 3.85. The number of para-hydroxylation sites is 2. The topological polar surface area (TPSA) is 76.5 Å². The maximum absolute atomic E-state index is 14.1. The average Bonchev–Trinajstić information content (AvgIpc) is 3.19. The number of fused-ring (bicyclic) bond motifs is 1. The van der Waals surface area contributed by atoms with Gasteiger partial charge in [0.1, 0.15) is 16.8 Å². The maximum atomic E-state index is 14.1. The molecule has 1 aliphatic heterocycles. The Bertz CT molecular complexity index is 1470. The summed E-state index contributed by atoms with van der Waals surface area (Å²) in [6.45, 7) is 2.16. The normalized spacial score (nSPS) is 15.1. The van der Waals surface area contributed by atoms with E-state index < -0.39 is 6.04 Å². The second-order valence-electron chi connectivity index (χ2n) is 8.74. The first kappa shape index (κ1) is 25.9. The van der Waals surface area contributed by atoms with E-state index in [-0.39, 0.29) is 24.1 Å². The van der Waals surface area contributed by atoms with Gasteiger partial charge >= 0.3 is 0 Å². The van der Waals surface area contributed by atoms with E-state index in [9.17, 15) is 9.59 Å². The van der Waals surface area contributed by atoms with Gasteiger partial charge in [-0.2, -0.15) is 5.10 Å². The molecule has 5 rings (SSSR count). The number of hydrogen-bond acceptors (Lipinski definition) is 6. The van der Waals surface area contributed by atoms with Crippen molar-refractivity contribution in [3.63, 3.8) is 0 Å². The molecular weight excluding hydrogens is 516 g/mol. The number of rotatable bonds is 7. The van der Waals surface area contributed by atoms with Gasteiger partial charge in [0.05, 0.1) is 24.2 Å². The predicted octanol–water partition coefficient (Wildman–Crippen LogP) is 5.41. The molecule has 0 radical (unpaired) electrons. The monoisotopic (exact) mass is 544 g/mol. The van der Waals surface area contributed by atoms with E-state index in [2.05, 4.69) is 5.32 Å². The molecule has 38 heavy (non-hydrogen) atoms. The number of hydrogen-bond donors (Lipinski definition) is 1. The van der Waals surface area contributed by atoms with Crippen LogP contribution >= 0.6 is 23.5 Å². The first-order valence-corrected chi connectivity index (χ1v) is 14.4. The second-order valence-corrected chi connectivity index (χ2v) is 10.6. The number of ether oxygens (including phenoxy) is 1. The van der Waals surface area contributed by atoms with Crippen molar-refractivity contribution in [1.29, 1.82) is 0 Å². The zero-order valence-corrected chi connectivity index (χ0v) is 23.0. The Morgan fingerprint density at radius 3 is 2.58 bits per heavy atom. The van der Waals surface area contributed by atoms with Crippen molar-refractivity contribution in [2.75, 3.05) is 24.0 Å². The third-order valence-corrected chi connectivity index (χ3v) is 8.20. The SMILES string of the molecule is COc1ccccc1CNC(=O)C1c2c(C)nn(-c3ccccc3)c2SCC(=O)N1c1cccc(SC)c1. The van der Waals surface area contributed by atoms with E-state index in [1.165, 1.54) is 11.8 Å². The Labute approximate surface area is 230 Å². The van der Waals surface area contributed by atoms with Crippen LogP contribution in [0.4, 0.5) is 5.69 Å². The van der Waals surface area contributed by atoms with Crippen molar-refractivity contribution in [3.8, 4) is 11.4 Å². The highest BCUT2D eigenvalue weighted by molar-refractivity contribution is 8.00. The number of nitrogens with one attached hydrogen (secondary N) is 1. The summed E-state index contributed by atoms with van der Waals surface area (Å²) in [7, 11) is 1.61. The van der Waals surface area contributed by atoms with Crippen molar-refractivity contribution < 1.29 is 14.3 Å². The van der Waals surface area contributed by atoms with E-state index in [1.807, 2.05) is 96.7 Å². The molecule has 0 fully saturated rings. The average molecular weight is 545 g/mol. The number of methoxy groups -OCH3 is 1. The first-order valence-electron chi connectivity index (χ1n) is 12.1. The highest BCUT2D eigenvalue weighted by Crippen LogP contribution is 2.41. The van der Waals surface area contributed by atoms with Crippen molar-refractivity contribution in [3.05, 3.63) is 95.7 Å². The van der Waals surface area contributed by atoms with Gasteiger partial charge in [0.2, 0.25) is 11.8 Å². The largest absolute Gasteiger partial charge is 0.496 e. The van der Waals surface area contributed by atoms with Crippen LogP contribution in [-0.4, -0.2) is 40.7 Å². The van der Waals surface area contributed by atoms with Gasteiger partial charge in [-0.25, -0.2) is 4.68 Å². The lowest BCUT2D eigenvalue weighted by molar-refractivity contribution is -0.126. The van der Waals surface area contributed by atoms with E-state index in [4.69, 9.17) is 9.84 Å². The molecule has 1 unspecified atom stereocenters. The Morgan fingerprint density at radius 2 is 1.82 bits per heavy atom. The number of nitrogens with zero attached hydrogens (tertiary/aromatic N) is 3. The van der Waals surface area contributed by atoms with Crippen molar-refractivity contribution in [1.82, 2.24) is 15.1 Å². The Morgan fingerprint density at radius 1 is 1.08 bits per heavy atom. The number of aromatic nitrogens is 2. The zero-order chi connectivity index (χ0) is 26.6. The van der Waals surface area contributed by atoms with Gasteiger partial charge < -0.3 is 10.1 Å². The molecule has 1 N–H and O–H groups in total. The van der Waals surface area contributed by atoms with Crippen LogP contribution in [0.1, 0.15) is 22.9 Å². The van der Waals surface area contributed by atoms with Gasteiger partial charge in [-0.15, -0.1) is 11.8 Å². The van der Waals surface area contributed by atoms with Crippen LogP contribution in [0.2, 0.25) is 0 Å². The predicted molar refractivity (Wildman–Crippen MR) is 152 cm³/mol. The van der Waals surface area contributed by atoms with Crippen LogP contribution < -0.4 is 15.0 Å². The number of benzene rings is 3. The molecule has 194 valence electrons. The second kappa shape index (κ2) is 11.4. The molecule has 0 saturated heterocycles. The van der Waals surface area contributed by atoms with Crippen molar-refractivity contribution >= 4 is 41.0 Å². The maximum Gasteiger partial charge on any atom is 0.248 e.